The molecule has 3 aromatic carbocycles. The van der Waals surface area contributed by atoms with Gasteiger partial charge in [-0.15, -0.1) is 0 Å². The van der Waals surface area contributed by atoms with Crippen molar-refractivity contribution in [3.63, 3.8) is 0 Å². The topological polar surface area (TPSA) is 60.6 Å². The summed E-state index contributed by atoms with van der Waals surface area (Å²) in [7, 11) is 0. The Hall–Kier alpha value is -3.35. The zero-order valence-corrected chi connectivity index (χ0v) is 21.5. The second-order valence-corrected chi connectivity index (χ2v) is 9.31. The van der Waals surface area contributed by atoms with Crippen molar-refractivity contribution < 1.29 is 14.2 Å². The first-order valence-corrected chi connectivity index (χ1v) is 12.6. The van der Waals surface area contributed by atoms with Crippen LogP contribution in [0.15, 0.2) is 65.5 Å². The maximum absolute atomic E-state index is 11.4. The highest BCUT2D eigenvalue weighted by Crippen LogP contribution is 2.34. The fraction of sp³-hybridized carbons (Fsp3) is 0.276. The Labute approximate surface area is 210 Å². The van der Waals surface area contributed by atoms with Crippen LogP contribution in [0, 0.1) is 20.8 Å². The SMILES string of the molecule is CCOCCOc1cc(C)c(-c2cccc(COc3ccc(-c4cc(=O)[nH]s4)cc3)c2C)c(C)c1. The average Bonchev–Trinajstić information content (AvgIpc) is 3.28. The van der Waals surface area contributed by atoms with Crippen LogP contribution < -0.4 is 15.0 Å². The molecule has 35 heavy (non-hydrogen) atoms. The van der Waals surface area contributed by atoms with E-state index >= 15 is 0 Å². The van der Waals surface area contributed by atoms with Crippen molar-refractivity contribution in [2.45, 2.75) is 34.3 Å². The first-order chi connectivity index (χ1) is 17.0. The van der Waals surface area contributed by atoms with Gasteiger partial charge in [0.25, 0.3) is 5.56 Å². The summed E-state index contributed by atoms with van der Waals surface area (Å²) in [6, 6.07) is 20.0. The van der Waals surface area contributed by atoms with Crippen molar-refractivity contribution in [2.24, 2.45) is 0 Å². The molecule has 5 nitrogen and oxygen atoms in total. The highest BCUT2D eigenvalue weighted by atomic mass is 32.1. The summed E-state index contributed by atoms with van der Waals surface area (Å²) in [6.45, 7) is 10.7. The Bertz CT molecular complexity index is 1310. The van der Waals surface area contributed by atoms with Gasteiger partial charge in [0, 0.05) is 12.7 Å². The minimum absolute atomic E-state index is 0.0742. The van der Waals surface area contributed by atoms with Crippen molar-refractivity contribution in [2.75, 3.05) is 19.8 Å². The lowest BCUT2D eigenvalue weighted by molar-refractivity contribution is 0.110. The van der Waals surface area contributed by atoms with E-state index in [1.807, 2.05) is 31.2 Å². The van der Waals surface area contributed by atoms with Crippen molar-refractivity contribution in [1.82, 2.24) is 4.37 Å². The lowest BCUT2D eigenvalue weighted by atomic mass is 9.90. The minimum atomic E-state index is -0.0742. The summed E-state index contributed by atoms with van der Waals surface area (Å²) in [5, 5.41) is 0. The molecule has 0 fully saturated rings. The molecule has 0 aliphatic heterocycles. The van der Waals surface area contributed by atoms with Gasteiger partial charge in [0.05, 0.1) is 11.5 Å². The summed E-state index contributed by atoms with van der Waals surface area (Å²) < 4.78 is 20.1. The third-order valence-corrected chi connectivity index (χ3v) is 6.86. The van der Waals surface area contributed by atoms with Gasteiger partial charge in [-0.05, 0) is 103 Å². The van der Waals surface area contributed by atoms with E-state index in [-0.39, 0.29) is 5.56 Å². The number of H-pyrrole nitrogens is 1. The van der Waals surface area contributed by atoms with Crippen LogP contribution in [-0.2, 0) is 11.3 Å². The number of aryl methyl sites for hydroxylation is 2. The van der Waals surface area contributed by atoms with Gasteiger partial charge in [-0.25, -0.2) is 0 Å². The quantitative estimate of drug-likeness (QED) is 0.252. The molecule has 0 radical (unpaired) electrons. The fourth-order valence-electron chi connectivity index (χ4n) is 4.21. The third-order valence-electron chi connectivity index (χ3n) is 5.98. The van der Waals surface area contributed by atoms with Gasteiger partial charge in [-0.2, -0.15) is 0 Å². The Balaban J connectivity index is 1.48. The monoisotopic (exact) mass is 489 g/mol. The van der Waals surface area contributed by atoms with Crippen molar-refractivity contribution in [1.29, 1.82) is 0 Å². The maximum atomic E-state index is 11.4. The number of ether oxygens (including phenoxy) is 3. The highest BCUT2D eigenvalue weighted by Gasteiger charge is 2.13. The summed E-state index contributed by atoms with van der Waals surface area (Å²) in [5.41, 5.74) is 8.07. The van der Waals surface area contributed by atoms with Crippen LogP contribution in [0.2, 0.25) is 0 Å². The molecular weight excluding hydrogens is 458 g/mol. The van der Waals surface area contributed by atoms with E-state index in [2.05, 4.69) is 55.5 Å². The number of benzene rings is 3. The van der Waals surface area contributed by atoms with Gasteiger partial charge in [0.15, 0.2) is 0 Å². The average molecular weight is 490 g/mol. The van der Waals surface area contributed by atoms with Crippen LogP contribution in [0.1, 0.15) is 29.2 Å². The Kier molecular flexibility index (Phi) is 8.06. The molecule has 0 bridgehead atoms. The van der Waals surface area contributed by atoms with Gasteiger partial charge < -0.3 is 14.2 Å². The molecule has 0 atom stereocenters. The fourth-order valence-corrected chi connectivity index (χ4v) is 4.90. The molecule has 4 aromatic rings. The summed E-state index contributed by atoms with van der Waals surface area (Å²) in [6.07, 6.45) is 0. The molecule has 0 spiro atoms. The van der Waals surface area contributed by atoms with Gasteiger partial charge in [-0.3, -0.25) is 9.17 Å². The van der Waals surface area contributed by atoms with Crippen LogP contribution in [-0.4, -0.2) is 24.2 Å². The molecule has 4 rings (SSSR count). The van der Waals surface area contributed by atoms with Crippen LogP contribution >= 0.6 is 11.5 Å². The van der Waals surface area contributed by atoms with Crippen molar-refractivity contribution >= 4 is 11.5 Å². The first kappa shape index (κ1) is 24.8. The number of aromatic amines is 1. The lowest BCUT2D eigenvalue weighted by Crippen LogP contribution is -2.07. The molecule has 182 valence electrons. The minimum Gasteiger partial charge on any atom is -0.491 e. The van der Waals surface area contributed by atoms with Crippen molar-refractivity contribution in [3.05, 3.63) is 93.3 Å². The van der Waals surface area contributed by atoms with Gasteiger partial charge in [0.2, 0.25) is 0 Å². The van der Waals surface area contributed by atoms with Gasteiger partial charge in [0.1, 0.15) is 24.7 Å². The third kappa shape index (κ3) is 6.02. The molecule has 0 aliphatic rings. The zero-order valence-electron chi connectivity index (χ0n) is 20.6. The zero-order chi connectivity index (χ0) is 24.8. The van der Waals surface area contributed by atoms with Crippen LogP contribution in [0.5, 0.6) is 11.5 Å². The maximum Gasteiger partial charge on any atom is 0.258 e. The van der Waals surface area contributed by atoms with Crippen LogP contribution in [0.3, 0.4) is 0 Å². The molecule has 0 aliphatic carbocycles. The summed E-state index contributed by atoms with van der Waals surface area (Å²) >= 11 is 1.34. The van der Waals surface area contributed by atoms with E-state index in [0.717, 1.165) is 27.5 Å². The highest BCUT2D eigenvalue weighted by molar-refractivity contribution is 7.09. The van der Waals surface area contributed by atoms with E-state index in [1.165, 1.54) is 39.3 Å². The Morgan fingerprint density at radius 2 is 1.60 bits per heavy atom. The van der Waals surface area contributed by atoms with Crippen molar-refractivity contribution in [3.8, 4) is 33.1 Å². The number of nitrogens with one attached hydrogen (secondary N) is 1. The van der Waals surface area contributed by atoms with Gasteiger partial charge in [-0.1, -0.05) is 29.7 Å². The molecule has 1 N–H and O–H groups in total. The molecule has 0 unspecified atom stereocenters. The number of hydrogen-bond donors (Lipinski definition) is 1. The van der Waals surface area contributed by atoms with E-state index in [1.54, 1.807) is 6.07 Å². The number of aromatic nitrogens is 1. The van der Waals surface area contributed by atoms with E-state index < -0.39 is 0 Å². The molecule has 0 saturated carbocycles. The molecule has 6 heteroatoms. The standard InChI is InChI=1S/C29H31NO4S/c1-5-32-13-14-33-25-15-19(2)29(20(3)16-25)26-8-6-7-23(21(26)4)18-34-24-11-9-22(10-12-24)27-17-28(31)30-35-27/h6-12,15-17H,5,13-14,18H2,1-4H3,(H,30,31). The Morgan fingerprint density at radius 3 is 2.26 bits per heavy atom. The van der Waals surface area contributed by atoms with E-state index in [0.29, 0.717) is 26.4 Å². The second-order valence-electron chi connectivity index (χ2n) is 8.46. The Morgan fingerprint density at radius 1 is 0.857 bits per heavy atom. The predicted molar refractivity (Wildman–Crippen MR) is 143 cm³/mol. The predicted octanol–water partition coefficient (Wildman–Crippen LogP) is 6.69. The molecule has 0 amide bonds. The molecule has 1 aromatic heterocycles. The smallest absolute Gasteiger partial charge is 0.258 e. The molecule has 1 heterocycles. The summed E-state index contributed by atoms with van der Waals surface area (Å²) in [5.74, 6) is 1.67. The van der Waals surface area contributed by atoms with E-state index in [9.17, 15) is 4.79 Å². The first-order valence-electron chi connectivity index (χ1n) is 11.8. The number of rotatable bonds is 10. The molecular formula is C29H31NO4S. The number of hydrogen-bond acceptors (Lipinski definition) is 5. The van der Waals surface area contributed by atoms with Crippen LogP contribution in [0.25, 0.3) is 21.6 Å². The summed E-state index contributed by atoms with van der Waals surface area (Å²) in [4.78, 5) is 12.3. The molecule has 0 saturated heterocycles. The largest absolute Gasteiger partial charge is 0.491 e. The lowest BCUT2D eigenvalue weighted by Gasteiger charge is -2.18. The second kappa shape index (κ2) is 11.4. The normalized spacial score (nSPS) is 11.0. The van der Waals surface area contributed by atoms with Crippen LogP contribution in [0.4, 0.5) is 0 Å². The van der Waals surface area contributed by atoms with E-state index in [4.69, 9.17) is 14.2 Å². The van der Waals surface area contributed by atoms with Gasteiger partial charge >= 0.3 is 0 Å².